The van der Waals surface area contributed by atoms with Gasteiger partial charge in [-0.3, -0.25) is 16.0 Å². The Labute approximate surface area is 102 Å². The van der Waals surface area contributed by atoms with Crippen LogP contribution in [0.4, 0.5) is 0 Å². The minimum Gasteiger partial charge on any atom is -0.381 e. The summed E-state index contributed by atoms with van der Waals surface area (Å²) in [6.45, 7) is 4.78. The number of aryl methyl sites for hydroxylation is 1. The molecule has 1 unspecified atom stereocenters. The molecular formula is C12H22N4O. The maximum Gasteiger partial charge on any atom is 0.0658 e. The predicted octanol–water partition coefficient (Wildman–Crippen LogP) is 1.22. The van der Waals surface area contributed by atoms with Crippen molar-refractivity contribution in [2.24, 2.45) is 11.8 Å². The first-order valence-electron chi connectivity index (χ1n) is 6.42. The molecule has 5 heteroatoms. The lowest BCUT2D eigenvalue weighted by molar-refractivity contribution is 0.0524. The Hall–Kier alpha value is -0.910. The molecule has 5 nitrogen and oxygen atoms in total. The Morgan fingerprint density at radius 1 is 1.59 bits per heavy atom. The molecule has 0 saturated carbocycles. The molecule has 1 aliphatic rings. The molecule has 2 rings (SSSR count). The molecular weight excluding hydrogens is 216 g/mol. The van der Waals surface area contributed by atoms with E-state index in [4.69, 9.17) is 10.6 Å². The van der Waals surface area contributed by atoms with E-state index < -0.39 is 0 Å². The van der Waals surface area contributed by atoms with Gasteiger partial charge in [-0.05, 0) is 31.2 Å². The van der Waals surface area contributed by atoms with Crippen LogP contribution in [-0.4, -0.2) is 23.0 Å². The van der Waals surface area contributed by atoms with Crippen LogP contribution < -0.4 is 11.3 Å². The molecule has 0 bridgehead atoms. The van der Waals surface area contributed by atoms with Gasteiger partial charge in [0.05, 0.1) is 11.7 Å². The minimum absolute atomic E-state index is 0.188. The highest BCUT2D eigenvalue weighted by Crippen LogP contribution is 2.29. The highest BCUT2D eigenvalue weighted by molar-refractivity contribution is 5.08. The zero-order valence-corrected chi connectivity index (χ0v) is 10.4. The Bertz CT molecular complexity index is 333. The van der Waals surface area contributed by atoms with Crippen LogP contribution in [0.5, 0.6) is 0 Å². The van der Waals surface area contributed by atoms with Gasteiger partial charge in [-0.25, -0.2) is 0 Å². The fourth-order valence-electron chi connectivity index (χ4n) is 2.52. The first-order chi connectivity index (χ1) is 8.36. The summed E-state index contributed by atoms with van der Waals surface area (Å²) in [5, 5.41) is 4.36. The summed E-state index contributed by atoms with van der Waals surface area (Å²) in [6.07, 6.45) is 5.06. The van der Waals surface area contributed by atoms with Crippen LogP contribution in [0, 0.1) is 5.92 Å². The fraction of sp³-hybridized carbons (Fsp3) is 0.750. The quantitative estimate of drug-likeness (QED) is 0.598. The van der Waals surface area contributed by atoms with Crippen LogP contribution >= 0.6 is 0 Å². The molecule has 1 atom stereocenters. The zero-order valence-electron chi connectivity index (χ0n) is 10.4. The van der Waals surface area contributed by atoms with E-state index in [1.165, 1.54) is 5.69 Å². The van der Waals surface area contributed by atoms with Crippen LogP contribution in [0.15, 0.2) is 12.3 Å². The molecule has 1 aliphatic heterocycles. The van der Waals surface area contributed by atoms with Crippen LogP contribution in [0.3, 0.4) is 0 Å². The third kappa shape index (κ3) is 2.86. The van der Waals surface area contributed by atoms with Gasteiger partial charge < -0.3 is 4.74 Å². The second-order valence-electron chi connectivity index (χ2n) is 4.57. The molecule has 0 spiro atoms. The Morgan fingerprint density at radius 2 is 2.35 bits per heavy atom. The van der Waals surface area contributed by atoms with E-state index in [0.29, 0.717) is 5.92 Å². The number of rotatable bonds is 5. The second kappa shape index (κ2) is 6.14. The average molecular weight is 238 g/mol. The van der Waals surface area contributed by atoms with Gasteiger partial charge in [0.15, 0.2) is 0 Å². The fourth-order valence-corrected chi connectivity index (χ4v) is 2.52. The van der Waals surface area contributed by atoms with Crippen LogP contribution in [-0.2, 0) is 11.3 Å². The molecule has 2 heterocycles. The van der Waals surface area contributed by atoms with Crippen LogP contribution in [0.1, 0.15) is 37.9 Å². The van der Waals surface area contributed by atoms with E-state index in [0.717, 1.165) is 39.0 Å². The van der Waals surface area contributed by atoms with Gasteiger partial charge in [-0.1, -0.05) is 6.92 Å². The van der Waals surface area contributed by atoms with E-state index >= 15 is 0 Å². The number of aromatic nitrogens is 2. The van der Waals surface area contributed by atoms with Crippen LogP contribution in [0.2, 0.25) is 0 Å². The van der Waals surface area contributed by atoms with Gasteiger partial charge in [0.25, 0.3) is 0 Å². The van der Waals surface area contributed by atoms with Gasteiger partial charge in [0.2, 0.25) is 0 Å². The SMILES string of the molecule is CCCn1nccc1C(NN)C1CCOCC1. The smallest absolute Gasteiger partial charge is 0.0658 e. The van der Waals surface area contributed by atoms with Crippen molar-refractivity contribution in [2.45, 2.75) is 38.8 Å². The third-order valence-corrected chi connectivity index (χ3v) is 3.42. The molecule has 0 radical (unpaired) electrons. The van der Waals surface area contributed by atoms with Gasteiger partial charge in [0.1, 0.15) is 0 Å². The molecule has 0 aliphatic carbocycles. The van der Waals surface area contributed by atoms with Crippen molar-refractivity contribution >= 4 is 0 Å². The Balaban J connectivity index is 2.12. The van der Waals surface area contributed by atoms with Crippen molar-refractivity contribution < 1.29 is 4.74 Å². The number of hydrazine groups is 1. The summed E-state index contributed by atoms with van der Waals surface area (Å²) in [4.78, 5) is 0. The molecule has 0 amide bonds. The van der Waals surface area contributed by atoms with Crippen molar-refractivity contribution in [1.29, 1.82) is 0 Å². The monoisotopic (exact) mass is 238 g/mol. The normalized spacial score (nSPS) is 19.4. The van der Waals surface area contributed by atoms with Crippen molar-refractivity contribution in [1.82, 2.24) is 15.2 Å². The summed E-state index contributed by atoms with van der Waals surface area (Å²) in [6, 6.07) is 2.25. The maximum absolute atomic E-state index is 5.73. The molecule has 3 N–H and O–H groups in total. The maximum atomic E-state index is 5.73. The molecule has 1 aromatic heterocycles. The molecule has 1 fully saturated rings. The number of hydrogen-bond acceptors (Lipinski definition) is 4. The number of hydrogen-bond donors (Lipinski definition) is 2. The lowest BCUT2D eigenvalue weighted by Crippen LogP contribution is -2.37. The van der Waals surface area contributed by atoms with Gasteiger partial charge in [-0.15, -0.1) is 0 Å². The standard InChI is InChI=1S/C12H22N4O/c1-2-7-16-11(3-6-14-16)12(15-13)10-4-8-17-9-5-10/h3,6,10,12,15H,2,4-5,7-9,13H2,1H3. The second-order valence-corrected chi connectivity index (χ2v) is 4.57. The summed E-state index contributed by atoms with van der Waals surface area (Å²) in [7, 11) is 0. The lowest BCUT2D eigenvalue weighted by Gasteiger charge is -2.30. The van der Waals surface area contributed by atoms with Crippen molar-refractivity contribution in [2.75, 3.05) is 13.2 Å². The topological polar surface area (TPSA) is 65.1 Å². The van der Waals surface area contributed by atoms with E-state index in [1.54, 1.807) is 0 Å². The first-order valence-corrected chi connectivity index (χ1v) is 6.42. The average Bonchev–Trinajstić information content (AvgIpc) is 2.81. The Morgan fingerprint density at radius 3 is 3.00 bits per heavy atom. The molecule has 96 valence electrons. The molecule has 1 saturated heterocycles. The summed E-state index contributed by atoms with van der Waals surface area (Å²) in [5.74, 6) is 6.27. The number of nitrogens with one attached hydrogen (secondary N) is 1. The van der Waals surface area contributed by atoms with Crippen molar-refractivity contribution in [3.63, 3.8) is 0 Å². The highest BCUT2D eigenvalue weighted by atomic mass is 16.5. The van der Waals surface area contributed by atoms with Crippen molar-refractivity contribution in [3.05, 3.63) is 18.0 Å². The van der Waals surface area contributed by atoms with E-state index in [1.807, 2.05) is 6.20 Å². The first kappa shape index (κ1) is 12.5. The number of nitrogens with two attached hydrogens (primary N) is 1. The van der Waals surface area contributed by atoms with Gasteiger partial charge in [-0.2, -0.15) is 5.10 Å². The van der Waals surface area contributed by atoms with E-state index in [9.17, 15) is 0 Å². The largest absolute Gasteiger partial charge is 0.381 e. The highest BCUT2D eigenvalue weighted by Gasteiger charge is 2.26. The summed E-state index contributed by atoms with van der Waals surface area (Å²) >= 11 is 0. The lowest BCUT2D eigenvalue weighted by atomic mass is 9.90. The van der Waals surface area contributed by atoms with E-state index in [2.05, 4.69) is 28.2 Å². The van der Waals surface area contributed by atoms with E-state index in [-0.39, 0.29) is 6.04 Å². The summed E-state index contributed by atoms with van der Waals surface area (Å²) in [5.41, 5.74) is 4.15. The Kier molecular flexibility index (Phi) is 4.53. The minimum atomic E-state index is 0.188. The number of nitrogens with zero attached hydrogens (tertiary/aromatic N) is 2. The van der Waals surface area contributed by atoms with Gasteiger partial charge in [0, 0.05) is 26.0 Å². The molecule has 1 aromatic rings. The van der Waals surface area contributed by atoms with Crippen LogP contribution in [0.25, 0.3) is 0 Å². The van der Waals surface area contributed by atoms with Crippen molar-refractivity contribution in [3.8, 4) is 0 Å². The molecule has 17 heavy (non-hydrogen) atoms. The van der Waals surface area contributed by atoms with Gasteiger partial charge >= 0.3 is 0 Å². The summed E-state index contributed by atoms with van der Waals surface area (Å²) < 4.78 is 7.45. The number of ether oxygens (including phenoxy) is 1. The zero-order chi connectivity index (χ0) is 12.1. The third-order valence-electron chi connectivity index (χ3n) is 3.42. The predicted molar refractivity (Wildman–Crippen MR) is 66.1 cm³/mol. The molecule has 0 aromatic carbocycles.